The molecule has 0 bridgehead atoms. The third kappa shape index (κ3) is 3.43. The van der Waals surface area contributed by atoms with E-state index in [1.54, 1.807) is 12.1 Å². The predicted octanol–water partition coefficient (Wildman–Crippen LogP) is 3.56. The lowest BCUT2D eigenvalue weighted by Gasteiger charge is -2.10. The van der Waals surface area contributed by atoms with Gasteiger partial charge in [0.1, 0.15) is 11.9 Å². The molecule has 0 unspecified atom stereocenters. The molecule has 0 aliphatic carbocycles. The molecule has 0 spiro atoms. The van der Waals surface area contributed by atoms with E-state index in [2.05, 4.69) is 15.6 Å². The van der Waals surface area contributed by atoms with Crippen LogP contribution in [-0.4, -0.2) is 27.4 Å². The highest BCUT2D eigenvalue weighted by Gasteiger charge is 2.33. The van der Waals surface area contributed by atoms with Crippen molar-refractivity contribution < 1.29 is 9.59 Å². The van der Waals surface area contributed by atoms with E-state index in [1.807, 2.05) is 36.4 Å². The van der Waals surface area contributed by atoms with Gasteiger partial charge in [-0.25, -0.2) is 9.55 Å². The summed E-state index contributed by atoms with van der Waals surface area (Å²) in [7, 11) is 0. The summed E-state index contributed by atoms with van der Waals surface area (Å²) in [5, 5.41) is 7.35. The highest BCUT2D eigenvalue weighted by molar-refractivity contribution is 7.71. The first kappa shape index (κ1) is 17.6. The molecule has 8 heteroatoms. The van der Waals surface area contributed by atoms with Gasteiger partial charge in [-0.3, -0.25) is 9.59 Å². The number of hydrogen-bond acceptors (Lipinski definition) is 5. The van der Waals surface area contributed by atoms with Gasteiger partial charge in [0.05, 0.1) is 11.9 Å². The summed E-state index contributed by atoms with van der Waals surface area (Å²) in [6, 6.07) is 14.0. The summed E-state index contributed by atoms with van der Waals surface area (Å²) in [5.41, 5.74) is 1.60. The van der Waals surface area contributed by atoms with Gasteiger partial charge >= 0.3 is 0 Å². The Balaban J connectivity index is 1.50. The number of carbonyl (C=O) groups excluding carboxylic acids is 2. The van der Waals surface area contributed by atoms with E-state index in [4.69, 9.17) is 23.8 Å². The molecule has 0 radical (unpaired) electrons. The maximum Gasteiger partial charge on any atom is 0.257 e. The zero-order chi connectivity index (χ0) is 19.0. The van der Waals surface area contributed by atoms with E-state index in [0.717, 1.165) is 10.9 Å². The minimum atomic E-state index is -0.682. The van der Waals surface area contributed by atoms with Crippen LogP contribution < -0.4 is 10.6 Å². The van der Waals surface area contributed by atoms with E-state index in [0.29, 0.717) is 22.9 Å². The second-order valence-electron chi connectivity index (χ2n) is 6.24. The Labute approximate surface area is 165 Å². The fraction of sp³-hybridized carbons (Fsp3) is 0.158. The molecule has 1 atom stereocenters. The quantitative estimate of drug-likeness (QED) is 0.657. The number of hydrogen-bond donors (Lipinski definition) is 2. The Morgan fingerprint density at radius 2 is 2.07 bits per heavy atom. The lowest BCUT2D eigenvalue weighted by atomic mass is 10.2. The maximum absolute atomic E-state index is 12.7. The summed E-state index contributed by atoms with van der Waals surface area (Å²) in [5.74, 6) is 0.0758. The van der Waals surface area contributed by atoms with Crippen molar-refractivity contribution in [2.24, 2.45) is 0 Å². The third-order valence-electron chi connectivity index (χ3n) is 4.39. The normalized spacial score (nSPS) is 15.4. The van der Waals surface area contributed by atoms with Gasteiger partial charge in [-0.2, -0.15) is 0 Å². The minimum Gasteiger partial charge on any atom is -0.358 e. The van der Waals surface area contributed by atoms with Crippen LogP contribution in [0.5, 0.6) is 0 Å². The maximum atomic E-state index is 12.7. The van der Waals surface area contributed by atoms with E-state index in [9.17, 15) is 9.59 Å². The van der Waals surface area contributed by atoms with E-state index < -0.39 is 6.04 Å². The van der Waals surface area contributed by atoms with Crippen LogP contribution in [0, 0.1) is 4.77 Å². The highest BCUT2D eigenvalue weighted by Crippen LogP contribution is 2.28. The largest absolute Gasteiger partial charge is 0.358 e. The van der Waals surface area contributed by atoms with Gasteiger partial charge in [-0.15, -0.1) is 0 Å². The number of fused-ring (bicyclic) bond motifs is 3. The molecular formula is C19H15ClN4O2S. The minimum absolute atomic E-state index is 0.00415. The molecule has 2 heterocycles. The first-order valence-corrected chi connectivity index (χ1v) is 9.15. The molecule has 4 rings (SSSR count). The zero-order valence-electron chi connectivity index (χ0n) is 14.1. The highest BCUT2D eigenvalue weighted by atomic mass is 35.5. The van der Waals surface area contributed by atoms with Crippen molar-refractivity contribution in [3.05, 3.63) is 63.9 Å². The van der Waals surface area contributed by atoms with Gasteiger partial charge < -0.3 is 10.6 Å². The summed E-state index contributed by atoms with van der Waals surface area (Å²) in [4.78, 5) is 29.3. The van der Waals surface area contributed by atoms with E-state index in [1.165, 1.54) is 4.57 Å². The van der Waals surface area contributed by atoms with Crippen molar-refractivity contribution >= 4 is 52.4 Å². The molecular weight excluding hydrogens is 384 g/mol. The molecule has 1 aliphatic rings. The van der Waals surface area contributed by atoms with Crippen LogP contribution in [0.15, 0.2) is 48.5 Å². The molecule has 0 saturated heterocycles. The molecule has 3 aromatic rings. The molecule has 0 fully saturated rings. The van der Waals surface area contributed by atoms with Crippen LogP contribution >= 0.6 is 23.8 Å². The van der Waals surface area contributed by atoms with Crippen LogP contribution in [0.4, 0.5) is 5.82 Å². The number of benzene rings is 2. The van der Waals surface area contributed by atoms with Crippen molar-refractivity contribution in [2.45, 2.75) is 19.0 Å². The summed E-state index contributed by atoms with van der Waals surface area (Å²) in [6.45, 7) is 0.344. The molecule has 1 aromatic heterocycles. The van der Waals surface area contributed by atoms with Gasteiger partial charge in [0.15, 0.2) is 0 Å². The molecule has 1 aliphatic heterocycles. The Kier molecular flexibility index (Phi) is 4.63. The number of amides is 1. The topological polar surface area (TPSA) is 76.0 Å². The van der Waals surface area contributed by atoms with Crippen LogP contribution in [0.3, 0.4) is 0 Å². The van der Waals surface area contributed by atoms with E-state index in [-0.39, 0.29) is 23.0 Å². The van der Waals surface area contributed by atoms with Crippen LogP contribution in [0.2, 0.25) is 5.02 Å². The van der Waals surface area contributed by atoms with Gasteiger partial charge in [-0.1, -0.05) is 35.9 Å². The van der Waals surface area contributed by atoms with Gasteiger partial charge in [0.2, 0.25) is 10.7 Å². The van der Waals surface area contributed by atoms with Crippen LogP contribution in [-0.2, 0) is 11.3 Å². The van der Waals surface area contributed by atoms with Gasteiger partial charge in [0, 0.05) is 17.0 Å². The van der Waals surface area contributed by atoms with Gasteiger partial charge in [-0.05, 0) is 42.0 Å². The average molecular weight is 399 g/mol. The molecule has 1 amide bonds. The summed E-state index contributed by atoms with van der Waals surface area (Å²) >= 11 is 11.2. The first-order valence-electron chi connectivity index (χ1n) is 8.36. The summed E-state index contributed by atoms with van der Waals surface area (Å²) in [6.07, 6.45) is 0.00415. The number of para-hydroxylation sites is 1. The second-order valence-corrected chi connectivity index (χ2v) is 7.04. The third-order valence-corrected chi connectivity index (χ3v) is 4.90. The predicted molar refractivity (Wildman–Crippen MR) is 107 cm³/mol. The average Bonchev–Trinajstić information content (AvgIpc) is 2.97. The molecule has 136 valence electrons. The van der Waals surface area contributed by atoms with Gasteiger partial charge in [0.25, 0.3) is 5.91 Å². The lowest BCUT2D eigenvalue weighted by Crippen LogP contribution is -2.33. The Hall–Kier alpha value is -2.77. The monoisotopic (exact) mass is 398 g/mol. The molecule has 0 saturated carbocycles. The Bertz CT molecular complexity index is 1130. The molecule has 2 N–H and O–H groups in total. The number of aromatic nitrogens is 2. The number of rotatable bonds is 4. The van der Waals surface area contributed by atoms with Crippen LogP contribution in [0.25, 0.3) is 10.9 Å². The summed E-state index contributed by atoms with van der Waals surface area (Å²) < 4.78 is 1.55. The zero-order valence-corrected chi connectivity index (χ0v) is 15.7. The van der Waals surface area contributed by atoms with Crippen molar-refractivity contribution in [1.29, 1.82) is 0 Å². The van der Waals surface area contributed by atoms with Crippen molar-refractivity contribution in [1.82, 2.24) is 14.9 Å². The molecule has 2 aromatic carbocycles. The van der Waals surface area contributed by atoms with Crippen molar-refractivity contribution in [2.75, 3.05) is 5.32 Å². The fourth-order valence-electron chi connectivity index (χ4n) is 3.11. The van der Waals surface area contributed by atoms with Crippen molar-refractivity contribution in [3.8, 4) is 0 Å². The van der Waals surface area contributed by atoms with Crippen molar-refractivity contribution in [3.63, 3.8) is 0 Å². The Morgan fingerprint density at radius 1 is 1.26 bits per heavy atom. The first-order chi connectivity index (χ1) is 13.0. The number of anilines is 1. The number of halogens is 1. The van der Waals surface area contributed by atoms with Crippen LogP contribution in [0.1, 0.15) is 16.8 Å². The smallest absolute Gasteiger partial charge is 0.257 e. The standard InChI is InChI=1S/C19H15ClN4O2S/c20-12-5-3-4-11(8-12)10-21-16(25)9-15-18(26)24-17(22-15)13-6-1-2-7-14(13)23-19(24)27/h1-8,15,22H,9-10H2,(H,21,25)/t15-/m1/s1. The molecule has 27 heavy (non-hydrogen) atoms. The molecule has 6 nitrogen and oxygen atoms in total. The second kappa shape index (κ2) is 7.09. The lowest BCUT2D eigenvalue weighted by molar-refractivity contribution is -0.121. The Morgan fingerprint density at radius 3 is 2.89 bits per heavy atom. The van der Waals surface area contributed by atoms with E-state index >= 15 is 0 Å². The number of nitrogens with one attached hydrogen (secondary N) is 2. The SMILES string of the molecule is O=C(C[C@H]1Nc2c3ccccc3nc(=S)n2C1=O)NCc1cccc(Cl)c1. The number of nitrogens with zero attached hydrogens (tertiary/aromatic N) is 2. The fourth-order valence-corrected chi connectivity index (χ4v) is 3.61. The number of carbonyl (C=O) groups is 2.